The van der Waals surface area contributed by atoms with Crippen molar-refractivity contribution >= 4 is 6.41 Å². The molecule has 1 N–H and O–H groups in total. The molecular formula is C15H15NO4. The fraction of sp³-hybridized carbons (Fsp3) is 0.133. The SMILES string of the molecule is O=CN(O)CCOc1cccc(Oc2ccccc2)c1. The van der Waals surface area contributed by atoms with Gasteiger partial charge in [-0.05, 0) is 24.3 Å². The highest BCUT2D eigenvalue weighted by Gasteiger charge is 2.01. The zero-order valence-electron chi connectivity index (χ0n) is 10.8. The number of rotatable bonds is 7. The highest BCUT2D eigenvalue weighted by molar-refractivity contribution is 5.44. The van der Waals surface area contributed by atoms with Gasteiger partial charge in [0, 0.05) is 6.07 Å². The van der Waals surface area contributed by atoms with Crippen molar-refractivity contribution in [3.05, 3.63) is 54.6 Å². The van der Waals surface area contributed by atoms with Crippen LogP contribution >= 0.6 is 0 Å². The van der Waals surface area contributed by atoms with Gasteiger partial charge in [0.15, 0.2) is 0 Å². The fourth-order valence-corrected chi connectivity index (χ4v) is 1.56. The molecule has 0 heterocycles. The molecule has 0 aromatic heterocycles. The van der Waals surface area contributed by atoms with Crippen molar-refractivity contribution in [2.24, 2.45) is 0 Å². The molecule has 0 saturated carbocycles. The lowest BCUT2D eigenvalue weighted by Crippen LogP contribution is -2.23. The van der Waals surface area contributed by atoms with Gasteiger partial charge in [0.05, 0.1) is 6.54 Å². The van der Waals surface area contributed by atoms with Crippen LogP contribution < -0.4 is 9.47 Å². The van der Waals surface area contributed by atoms with Gasteiger partial charge in [-0.1, -0.05) is 24.3 Å². The molecule has 0 bridgehead atoms. The maximum absolute atomic E-state index is 10.2. The molecule has 0 aliphatic rings. The summed E-state index contributed by atoms with van der Waals surface area (Å²) in [6.45, 7) is 0.303. The van der Waals surface area contributed by atoms with E-state index in [-0.39, 0.29) is 13.2 Å². The summed E-state index contributed by atoms with van der Waals surface area (Å²) in [5, 5.41) is 9.48. The summed E-state index contributed by atoms with van der Waals surface area (Å²) in [6, 6.07) is 16.6. The second kappa shape index (κ2) is 7.16. The van der Waals surface area contributed by atoms with Gasteiger partial charge < -0.3 is 9.47 Å². The molecule has 1 amide bonds. The zero-order chi connectivity index (χ0) is 14.2. The molecule has 0 radical (unpaired) electrons. The molecule has 0 aliphatic carbocycles. The Labute approximate surface area is 116 Å². The molecule has 104 valence electrons. The van der Waals surface area contributed by atoms with Crippen molar-refractivity contribution in [3.8, 4) is 17.2 Å². The first-order valence-corrected chi connectivity index (χ1v) is 6.14. The van der Waals surface area contributed by atoms with Crippen molar-refractivity contribution in [3.63, 3.8) is 0 Å². The van der Waals surface area contributed by atoms with Crippen molar-refractivity contribution in [1.82, 2.24) is 5.06 Å². The van der Waals surface area contributed by atoms with Crippen LogP contribution in [0.3, 0.4) is 0 Å². The lowest BCUT2D eigenvalue weighted by atomic mass is 10.3. The monoisotopic (exact) mass is 273 g/mol. The molecule has 0 unspecified atom stereocenters. The highest BCUT2D eigenvalue weighted by Crippen LogP contribution is 2.24. The van der Waals surface area contributed by atoms with E-state index in [9.17, 15) is 4.79 Å². The number of hydrogen-bond acceptors (Lipinski definition) is 4. The fourth-order valence-electron chi connectivity index (χ4n) is 1.56. The molecule has 0 atom stereocenters. The van der Waals surface area contributed by atoms with E-state index >= 15 is 0 Å². The quantitative estimate of drug-likeness (QED) is 0.478. The van der Waals surface area contributed by atoms with Gasteiger partial charge in [0.2, 0.25) is 6.41 Å². The van der Waals surface area contributed by atoms with Gasteiger partial charge in [-0.15, -0.1) is 0 Å². The van der Waals surface area contributed by atoms with Crippen molar-refractivity contribution in [2.45, 2.75) is 0 Å². The molecule has 5 nitrogen and oxygen atoms in total. The number of hydroxylamine groups is 2. The van der Waals surface area contributed by atoms with Gasteiger partial charge in [-0.2, -0.15) is 0 Å². The lowest BCUT2D eigenvalue weighted by Gasteiger charge is -2.11. The standard InChI is InChI=1S/C15H15NO4/c17-12-16(18)9-10-19-14-7-4-8-15(11-14)20-13-5-2-1-3-6-13/h1-8,11-12,18H,9-10H2. The van der Waals surface area contributed by atoms with E-state index in [1.807, 2.05) is 42.5 Å². The third-order valence-corrected chi connectivity index (χ3v) is 2.50. The molecule has 0 saturated heterocycles. The Kier molecular flexibility index (Phi) is 4.97. The van der Waals surface area contributed by atoms with E-state index in [2.05, 4.69) is 0 Å². The largest absolute Gasteiger partial charge is 0.492 e. The van der Waals surface area contributed by atoms with Crippen LogP contribution in [0.1, 0.15) is 0 Å². The minimum absolute atomic E-state index is 0.104. The van der Waals surface area contributed by atoms with E-state index < -0.39 is 0 Å². The summed E-state index contributed by atoms with van der Waals surface area (Å²) in [5.41, 5.74) is 0. The van der Waals surface area contributed by atoms with Gasteiger partial charge in [-0.3, -0.25) is 10.0 Å². The topological polar surface area (TPSA) is 59.0 Å². The summed E-state index contributed by atoms with van der Waals surface area (Å²) in [6.07, 6.45) is 0.332. The number of para-hydroxylation sites is 1. The lowest BCUT2D eigenvalue weighted by molar-refractivity contribution is -0.150. The second-order valence-corrected chi connectivity index (χ2v) is 4.01. The normalized spacial score (nSPS) is 9.85. The van der Waals surface area contributed by atoms with Gasteiger partial charge in [-0.25, -0.2) is 5.06 Å². The Morgan fingerprint density at radius 2 is 1.70 bits per heavy atom. The molecular weight excluding hydrogens is 258 g/mol. The molecule has 5 heteroatoms. The number of amides is 1. The summed E-state index contributed by atoms with van der Waals surface area (Å²) in [4.78, 5) is 10.2. The number of carbonyl (C=O) groups is 1. The van der Waals surface area contributed by atoms with Crippen LogP contribution in [0.5, 0.6) is 17.2 Å². The Morgan fingerprint density at radius 3 is 2.45 bits per heavy atom. The van der Waals surface area contributed by atoms with E-state index in [1.165, 1.54) is 0 Å². The average molecular weight is 273 g/mol. The maximum atomic E-state index is 10.2. The molecule has 0 fully saturated rings. The number of ether oxygens (including phenoxy) is 2. The minimum Gasteiger partial charge on any atom is -0.492 e. The predicted octanol–water partition coefficient (Wildman–Crippen LogP) is 2.71. The van der Waals surface area contributed by atoms with Crippen LogP contribution in [0.15, 0.2) is 54.6 Å². The Balaban J connectivity index is 1.92. The van der Waals surface area contributed by atoms with Crippen LogP contribution in [0.2, 0.25) is 0 Å². The van der Waals surface area contributed by atoms with Crippen LogP contribution in [0.4, 0.5) is 0 Å². The van der Waals surface area contributed by atoms with Gasteiger partial charge >= 0.3 is 0 Å². The molecule has 2 aromatic carbocycles. The number of benzene rings is 2. The third kappa shape index (κ3) is 4.29. The first kappa shape index (κ1) is 13.9. The summed E-state index contributed by atoms with van der Waals surface area (Å²) in [7, 11) is 0. The van der Waals surface area contributed by atoms with E-state index in [0.717, 1.165) is 5.75 Å². The third-order valence-electron chi connectivity index (χ3n) is 2.50. The van der Waals surface area contributed by atoms with Gasteiger partial charge in [0.25, 0.3) is 0 Å². The van der Waals surface area contributed by atoms with Crippen LogP contribution in [-0.2, 0) is 4.79 Å². The van der Waals surface area contributed by atoms with Gasteiger partial charge in [0.1, 0.15) is 23.9 Å². The minimum atomic E-state index is 0.104. The Bertz CT molecular complexity index is 545. The van der Waals surface area contributed by atoms with E-state index in [1.54, 1.807) is 12.1 Å². The molecule has 20 heavy (non-hydrogen) atoms. The van der Waals surface area contributed by atoms with E-state index in [0.29, 0.717) is 23.0 Å². The predicted molar refractivity (Wildman–Crippen MR) is 73.0 cm³/mol. The average Bonchev–Trinajstić information content (AvgIpc) is 2.48. The molecule has 2 aromatic rings. The first-order chi connectivity index (χ1) is 9.78. The summed E-state index contributed by atoms with van der Waals surface area (Å²) in [5.74, 6) is 2.01. The second-order valence-electron chi connectivity index (χ2n) is 4.01. The Morgan fingerprint density at radius 1 is 1.00 bits per heavy atom. The van der Waals surface area contributed by atoms with Crippen LogP contribution in [0, 0.1) is 0 Å². The highest BCUT2D eigenvalue weighted by atomic mass is 16.5. The molecule has 0 spiro atoms. The van der Waals surface area contributed by atoms with E-state index in [4.69, 9.17) is 14.7 Å². The number of hydrogen-bond donors (Lipinski definition) is 1. The number of nitrogens with zero attached hydrogens (tertiary/aromatic N) is 1. The molecule has 2 rings (SSSR count). The van der Waals surface area contributed by atoms with Crippen LogP contribution in [-0.4, -0.2) is 29.8 Å². The Hall–Kier alpha value is -2.53. The first-order valence-electron chi connectivity index (χ1n) is 6.14. The zero-order valence-corrected chi connectivity index (χ0v) is 10.8. The summed E-state index contributed by atoms with van der Waals surface area (Å²) >= 11 is 0. The smallest absolute Gasteiger partial charge is 0.233 e. The maximum Gasteiger partial charge on any atom is 0.233 e. The molecule has 0 aliphatic heterocycles. The van der Waals surface area contributed by atoms with Crippen LogP contribution in [0.25, 0.3) is 0 Å². The van der Waals surface area contributed by atoms with Crippen molar-refractivity contribution < 1.29 is 19.5 Å². The summed E-state index contributed by atoms with van der Waals surface area (Å²) < 4.78 is 11.1. The van der Waals surface area contributed by atoms with Crippen molar-refractivity contribution in [2.75, 3.05) is 13.2 Å². The number of carbonyl (C=O) groups excluding carboxylic acids is 1. The van der Waals surface area contributed by atoms with Crippen molar-refractivity contribution in [1.29, 1.82) is 0 Å².